The van der Waals surface area contributed by atoms with Gasteiger partial charge in [-0.15, -0.1) is 0 Å². The summed E-state index contributed by atoms with van der Waals surface area (Å²) < 4.78 is 1.83. The van der Waals surface area contributed by atoms with E-state index >= 15 is 0 Å². The summed E-state index contributed by atoms with van der Waals surface area (Å²) in [6.45, 7) is 4.22. The van der Waals surface area contributed by atoms with Crippen LogP contribution in [-0.2, 0) is 19.9 Å². The van der Waals surface area contributed by atoms with Gasteiger partial charge in [-0.25, -0.2) is 4.98 Å². The molecule has 0 unspecified atom stereocenters. The van der Waals surface area contributed by atoms with Crippen molar-refractivity contribution in [2.45, 2.75) is 33.1 Å². The van der Waals surface area contributed by atoms with Gasteiger partial charge in [0.15, 0.2) is 5.82 Å². The molecule has 0 aliphatic rings. The highest BCUT2D eigenvalue weighted by Crippen LogP contribution is 2.15. The normalized spacial score (nSPS) is 10.9. The van der Waals surface area contributed by atoms with Crippen molar-refractivity contribution >= 4 is 0 Å². The Morgan fingerprint density at radius 3 is 2.81 bits per heavy atom. The van der Waals surface area contributed by atoms with Crippen molar-refractivity contribution in [3.8, 4) is 11.5 Å². The Labute approximate surface area is 94.9 Å². The lowest BCUT2D eigenvalue weighted by molar-refractivity contribution is 0.748. The van der Waals surface area contributed by atoms with E-state index in [0.717, 1.165) is 42.3 Å². The standard InChI is InChI=1S/C11H17N5/c1-4-6-10-12-11(14-13-10)9-7-8(5-2)15-16(9)3/h7H,4-6H2,1-3H3,(H,12,13,14). The molecule has 0 spiro atoms. The first-order valence-corrected chi connectivity index (χ1v) is 5.69. The van der Waals surface area contributed by atoms with Crippen LogP contribution < -0.4 is 0 Å². The second-order valence-corrected chi connectivity index (χ2v) is 3.85. The monoisotopic (exact) mass is 219 g/mol. The quantitative estimate of drug-likeness (QED) is 0.851. The zero-order chi connectivity index (χ0) is 11.5. The minimum absolute atomic E-state index is 0.734. The van der Waals surface area contributed by atoms with Crippen molar-refractivity contribution < 1.29 is 0 Å². The molecule has 2 rings (SSSR count). The fourth-order valence-corrected chi connectivity index (χ4v) is 1.67. The first-order chi connectivity index (χ1) is 7.74. The number of aryl methyl sites for hydroxylation is 3. The third-order valence-electron chi connectivity index (χ3n) is 2.54. The molecule has 2 aromatic heterocycles. The molecule has 0 atom stereocenters. The maximum absolute atomic E-state index is 4.45. The second kappa shape index (κ2) is 4.47. The van der Waals surface area contributed by atoms with Crippen LogP contribution in [0.25, 0.3) is 11.5 Å². The first-order valence-electron chi connectivity index (χ1n) is 5.69. The first kappa shape index (κ1) is 10.9. The average Bonchev–Trinajstić information content (AvgIpc) is 2.85. The smallest absolute Gasteiger partial charge is 0.199 e. The summed E-state index contributed by atoms with van der Waals surface area (Å²) >= 11 is 0. The molecule has 16 heavy (non-hydrogen) atoms. The highest BCUT2D eigenvalue weighted by atomic mass is 15.3. The van der Waals surface area contributed by atoms with Crippen LogP contribution in [0, 0.1) is 0 Å². The van der Waals surface area contributed by atoms with Gasteiger partial charge >= 0.3 is 0 Å². The van der Waals surface area contributed by atoms with Gasteiger partial charge in [0.1, 0.15) is 11.5 Å². The van der Waals surface area contributed by atoms with Crippen molar-refractivity contribution in [3.05, 3.63) is 17.6 Å². The zero-order valence-electron chi connectivity index (χ0n) is 9.99. The fourth-order valence-electron chi connectivity index (χ4n) is 1.67. The Hall–Kier alpha value is -1.65. The van der Waals surface area contributed by atoms with E-state index in [1.54, 1.807) is 0 Å². The average molecular weight is 219 g/mol. The van der Waals surface area contributed by atoms with E-state index in [1.165, 1.54) is 0 Å². The summed E-state index contributed by atoms with van der Waals surface area (Å²) in [5.41, 5.74) is 2.04. The highest BCUT2D eigenvalue weighted by molar-refractivity contribution is 5.49. The summed E-state index contributed by atoms with van der Waals surface area (Å²) in [6, 6.07) is 2.04. The predicted octanol–water partition coefficient (Wildman–Crippen LogP) is 1.72. The molecule has 0 aromatic carbocycles. The number of aromatic nitrogens is 5. The SMILES string of the molecule is CCCc1nc(-c2cc(CC)nn2C)n[nH]1. The predicted molar refractivity (Wildman–Crippen MR) is 62.0 cm³/mol. The molecular weight excluding hydrogens is 202 g/mol. The molecule has 0 bridgehead atoms. The van der Waals surface area contributed by atoms with Crippen LogP contribution in [0.1, 0.15) is 31.8 Å². The molecule has 0 saturated heterocycles. The number of H-pyrrole nitrogens is 1. The molecular formula is C11H17N5. The van der Waals surface area contributed by atoms with E-state index in [1.807, 2.05) is 17.8 Å². The largest absolute Gasteiger partial charge is 0.264 e. The van der Waals surface area contributed by atoms with Crippen molar-refractivity contribution in [1.29, 1.82) is 0 Å². The lowest BCUT2D eigenvalue weighted by atomic mass is 10.3. The van der Waals surface area contributed by atoms with Crippen LogP contribution in [0.3, 0.4) is 0 Å². The van der Waals surface area contributed by atoms with E-state index in [-0.39, 0.29) is 0 Å². The number of hydrogen-bond donors (Lipinski definition) is 1. The van der Waals surface area contributed by atoms with Crippen molar-refractivity contribution in [2.24, 2.45) is 7.05 Å². The van der Waals surface area contributed by atoms with Gasteiger partial charge in [-0.2, -0.15) is 10.2 Å². The molecule has 0 aliphatic heterocycles. The molecule has 5 heteroatoms. The molecule has 86 valence electrons. The molecule has 2 aromatic rings. The summed E-state index contributed by atoms with van der Waals surface area (Å²) in [5.74, 6) is 1.68. The van der Waals surface area contributed by atoms with Crippen molar-refractivity contribution in [2.75, 3.05) is 0 Å². The Kier molecular flexibility index (Phi) is 3.03. The second-order valence-electron chi connectivity index (χ2n) is 3.85. The summed E-state index contributed by atoms with van der Waals surface area (Å²) in [6.07, 6.45) is 2.94. The van der Waals surface area contributed by atoms with E-state index in [4.69, 9.17) is 0 Å². The van der Waals surface area contributed by atoms with Gasteiger partial charge in [0.05, 0.1) is 5.69 Å². The molecule has 0 fully saturated rings. The lowest BCUT2D eigenvalue weighted by Crippen LogP contribution is -1.95. The van der Waals surface area contributed by atoms with E-state index in [0.29, 0.717) is 0 Å². The minimum atomic E-state index is 0.734. The maximum Gasteiger partial charge on any atom is 0.199 e. The summed E-state index contributed by atoms with van der Waals surface area (Å²) in [5, 5.41) is 11.6. The van der Waals surface area contributed by atoms with Crippen LogP contribution in [0.4, 0.5) is 0 Å². The minimum Gasteiger partial charge on any atom is -0.264 e. The number of hydrogen-bond acceptors (Lipinski definition) is 3. The van der Waals surface area contributed by atoms with Crippen LogP contribution in [0.15, 0.2) is 6.07 Å². The molecule has 2 heterocycles. The summed E-state index contributed by atoms with van der Waals surface area (Å²) in [7, 11) is 1.92. The van der Waals surface area contributed by atoms with Gasteiger partial charge in [-0.3, -0.25) is 9.78 Å². The topological polar surface area (TPSA) is 59.4 Å². The molecule has 1 N–H and O–H groups in total. The summed E-state index contributed by atoms with van der Waals surface area (Å²) in [4.78, 5) is 4.45. The molecule has 0 amide bonds. The van der Waals surface area contributed by atoms with Gasteiger partial charge in [0, 0.05) is 13.5 Å². The number of aromatic amines is 1. The van der Waals surface area contributed by atoms with Gasteiger partial charge in [-0.1, -0.05) is 13.8 Å². The van der Waals surface area contributed by atoms with Crippen LogP contribution >= 0.6 is 0 Å². The van der Waals surface area contributed by atoms with Gasteiger partial charge in [-0.05, 0) is 18.9 Å². The van der Waals surface area contributed by atoms with Crippen LogP contribution in [0.5, 0.6) is 0 Å². The molecule has 0 saturated carbocycles. The maximum atomic E-state index is 4.45. The molecule has 0 aliphatic carbocycles. The third-order valence-corrected chi connectivity index (χ3v) is 2.54. The van der Waals surface area contributed by atoms with E-state index < -0.39 is 0 Å². The zero-order valence-corrected chi connectivity index (χ0v) is 9.99. The Bertz CT molecular complexity index is 468. The van der Waals surface area contributed by atoms with Gasteiger partial charge in [0.25, 0.3) is 0 Å². The fraction of sp³-hybridized carbons (Fsp3) is 0.545. The number of nitrogens with zero attached hydrogens (tertiary/aromatic N) is 4. The molecule has 5 nitrogen and oxygen atoms in total. The Balaban J connectivity index is 2.30. The van der Waals surface area contributed by atoms with E-state index in [2.05, 4.69) is 34.1 Å². The van der Waals surface area contributed by atoms with Crippen LogP contribution in [0.2, 0.25) is 0 Å². The van der Waals surface area contributed by atoms with Crippen molar-refractivity contribution in [1.82, 2.24) is 25.0 Å². The number of rotatable bonds is 4. The van der Waals surface area contributed by atoms with E-state index in [9.17, 15) is 0 Å². The Morgan fingerprint density at radius 1 is 1.38 bits per heavy atom. The Morgan fingerprint density at radius 2 is 2.19 bits per heavy atom. The third kappa shape index (κ3) is 1.98. The van der Waals surface area contributed by atoms with Crippen molar-refractivity contribution in [3.63, 3.8) is 0 Å². The van der Waals surface area contributed by atoms with Gasteiger partial charge < -0.3 is 0 Å². The number of nitrogens with one attached hydrogen (secondary N) is 1. The van der Waals surface area contributed by atoms with Crippen LogP contribution in [-0.4, -0.2) is 25.0 Å². The van der Waals surface area contributed by atoms with Gasteiger partial charge in [0.2, 0.25) is 0 Å². The lowest BCUT2D eigenvalue weighted by Gasteiger charge is -1.93. The molecule has 0 radical (unpaired) electrons. The highest BCUT2D eigenvalue weighted by Gasteiger charge is 2.11.